The Morgan fingerprint density at radius 2 is 1.67 bits per heavy atom. The largest absolute Gasteiger partial charge is 0.490 e. The highest BCUT2D eigenvalue weighted by atomic mass is 16.5. The summed E-state index contributed by atoms with van der Waals surface area (Å²) < 4.78 is 11.6. The minimum Gasteiger partial charge on any atom is -0.490 e. The van der Waals surface area contributed by atoms with Crippen LogP contribution in [-0.4, -0.2) is 43.7 Å². The predicted octanol–water partition coefficient (Wildman–Crippen LogP) is 3.79. The molecular formula is C22H28N2O3. The van der Waals surface area contributed by atoms with Crippen LogP contribution in [0.3, 0.4) is 0 Å². The van der Waals surface area contributed by atoms with E-state index in [1.807, 2.05) is 50.2 Å². The normalized spacial score (nSPS) is 15.4. The summed E-state index contributed by atoms with van der Waals surface area (Å²) in [5.74, 6) is 1.37. The quantitative estimate of drug-likeness (QED) is 0.843. The molecular weight excluding hydrogens is 340 g/mol. The lowest BCUT2D eigenvalue weighted by molar-refractivity contribution is -0.118. The molecule has 1 saturated heterocycles. The molecule has 27 heavy (non-hydrogen) atoms. The van der Waals surface area contributed by atoms with Crippen molar-refractivity contribution in [2.24, 2.45) is 0 Å². The van der Waals surface area contributed by atoms with E-state index in [4.69, 9.17) is 9.47 Å². The summed E-state index contributed by atoms with van der Waals surface area (Å²) in [5.41, 5.74) is 2.97. The molecule has 0 bridgehead atoms. The maximum Gasteiger partial charge on any atom is 0.262 e. The van der Waals surface area contributed by atoms with Crippen molar-refractivity contribution < 1.29 is 14.3 Å². The number of benzene rings is 2. The molecule has 1 aliphatic heterocycles. The molecule has 1 aliphatic rings. The van der Waals surface area contributed by atoms with E-state index in [0.717, 1.165) is 48.5 Å². The Kier molecular flexibility index (Phi) is 6.35. The van der Waals surface area contributed by atoms with Crippen molar-refractivity contribution in [1.29, 1.82) is 0 Å². The summed E-state index contributed by atoms with van der Waals surface area (Å²) in [6.07, 6.45) is 2.36. The van der Waals surface area contributed by atoms with Gasteiger partial charge in [0.15, 0.2) is 6.61 Å². The van der Waals surface area contributed by atoms with Crippen LogP contribution in [0.4, 0.5) is 5.69 Å². The lowest BCUT2D eigenvalue weighted by Crippen LogP contribution is -2.35. The number of hydrogen-bond acceptors (Lipinski definition) is 4. The molecule has 2 aromatic carbocycles. The van der Waals surface area contributed by atoms with E-state index in [9.17, 15) is 4.79 Å². The second-order valence-electron chi connectivity index (χ2n) is 7.31. The number of anilines is 1. The van der Waals surface area contributed by atoms with E-state index >= 15 is 0 Å². The van der Waals surface area contributed by atoms with Crippen molar-refractivity contribution >= 4 is 11.6 Å². The average molecular weight is 368 g/mol. The van der Waals surface area contributed by atoms with Crippen LogP contribution in [0, 0.1) is 13.8 Å². The molecule has 0 unspecified atom stereocenters. The Labute approximate surface area is 161 Å². The van der Waals surface area contributed by atoms with Crippen LogP contribution in [0.2, 0.25) is 0 Å². The third kappa shape index (κ3) is 6.00. The van der Waals surface area contributed by atoms with Crippen LogP contribution >= 0.6 is 0 Å². The summed E-state index contributed by atoms with van der Waals surface area (Å²) in [4.78, 5) is 14.4. The maximum atomic E-state index is 12.1. The molecule has 144 valence electrons. The van der Waals surface area contributed by atoms with Crippen LogP contribution in [0.1, 0.15) is 24.0 Å². The minimum atomic E-state index is -0.182. The first-order valence-corrected chi connectivity index (χ1v) is 9.44. The molecule has 5 heteroatoms. The number of carbonyl (C=O) groups is 1. The van der Waals surface area contributed by atoms with Gasteiger partial charge in [-0.1, -0.05) is 6.07 Å². The fraction of sp³-hybridized carbons (Fsp3) is 0.409. The van der Waals surface area contributed by atoms with Gasteiger partial charge in [0.05, 0.1) is 0 Å². The lowest BCUT2D eigenvalue weighted by Gasteiger charge is -2.29. The molecule has 0 radical (unpaired) electrons. The first-order valence-electron chi connectivity index (χ1n) is 9.44. The minimum absolute atomic E-state index is 0.0171. The number of piperidine rings is 1. The van der Waals surface area contributed by atoms with Gasteiger partial charge in [-0.25, -0.2) is 0 Å². The molecule has 2 aromatic rings. The smallest absolute Gasteiger partial charge is 0.262 e. The fourth-order valence-corrected chi connectivity index (χ4v) is 3.27. The Hall–Kier alpha value is -2.53. The van der Waals surface area contributed by atoms with Crippen LogP contribution < -0.4 is 14.8 Å². The monoisotopic (exact) mass is 368 g/mol. The molecule has 1 heterocycles. The second-order valence-corrected chi connectivity index (χ2v) is 7.31. The van der Waals surface area contributed by atoms with Gasteiger partial charge in [0.1, 0.15) is 17.6 Å². The summed E-state index contributed by atoms with van der Waals surface area (Å²) in [6, 6.07) is 13.4. The molecule has 0 saturated carbocycles. The Morgan fingerprint density at radius 1 is 1.04 bits per heavy atom. The zero-order chi connectivity index (χ0) is 19.2. The van der Waals surface area contributed by atoms with Gasteiger partial charge >= 0.3 is 0 Å². The predicted molar refractivity (Wildman–Crippen MR) is 108 cm³/mol. The SMILES string of the molecule is Cc1cc(C)cc(OCC(=O)Nc2ccc(OC3CCN(C)CC3)cc2)c1. The van der Waals surface area contributed by atoms with Crippen LogP contribution in [0.25, 0.3) is 0 Å². The number of nitrogens with one attached hydrogen (secondary N) is 1. The van der Waals surface area contributed by atoms with Crippen molar-refractivity contribution in [1.82, 2.24) is 4.90 Å². The molecule has 3 rings (SSSR count). The molecule has 1 fully saturated rings. The number of ether oxygens (including phenoxy) is 2. The number of rotatable bonds is 6. The number of carbonyl (C=O) groups excluding carboxylic acids is 1. The number of amides is 1. The summed E-state index contributed by atoms with van der Waals surface area (Å²) >= 11 is 0. The first kappa shape index (κ1) is 19.2. The van der Waals surface area contributed by atoms with Gasteiger partial charge in [-0.05, 0) is 81.3 Å². The molecule has 0 spiro atoms. The van der Waals surface area contributed by atoms with Crippen LogP contribution in [0.15, 0.2) is 42.5 Å². The van der Waals surface area contributed by atoms with Crippen molar-refractivity contribution in [3.05, 3.63) is 53.6 Å². The maximum absolute atomic E-state index is 12.1. The standard InChI is InChI=1S/C22H28N2O3/c1-16-12-17(2)14-21(13-16)26-15-22(25)23-18-4-6-19(7-5-18)27-20-8-10-24(3)11-9-20/h4-7,12-14,20H,8-11,15H2,1-3H3,(H,23,25). The third-order valence-corrected chi connectivity index (χ3v) is 4.67. The number of aryl methyl sites for hydroxylation is 2. The van der Waals surface area contributed by atoms with E-state index in [1.165, 1.54) is 0 Å². The Bertz CT molecular complexity index is 745. The molecule has 0 atom stereocenters. The Balaban J connectivity index is 1.46. The molecule has 0 aliphatic carbocycles. The number of hydrogen-bond donors (Lipinski definition) is 1. The average Bonchev–Trinajstić information content (AvgIpc) is 2.63. The van der Waals surface area contributed by atoms with E-state index in [2.05, 4.69) is 23.3 Å². The Morgan fingerprint density at radius 3 is 2.30 bits per heavy atom. The molecule has 1 N–H and O–H groups in total. The van der Waals surface area contributed by atoms with Gasteiger partial charge in [-0.15, -0.1) is 0 Å². The van der Waals surface area contributed by atoms with Gasteiger partial charge in [0.25, 0.3) is 5.91 Å². The second kappa shape index (κ2) is 8.91. The van der Waals surface area contributed by atoms with Gasteiger partial charge < -0.3 is 19.7 Å². The van der Waals surface area contributed by atoms with Crippen LogP contribution in [-0.2, 0) is 4.79 Å². The summed E-state index contributed by atoms with van der Waals surface area (Å²) in [6.45, 7) is 6.14. The van der Waals surface area contributed by atoms with Gasteiger partial charge in [0.2, 0.25) is 0 Å². The lowest BCUT2D eigenvalue weighted by atomic mass is 10.1. The molecule has 0 aromatic heterocycles. The summed E-state index contributed by atoms with van der Waals surface area (Å²) in [7, 11) is 2.14. The van der Waals surface area contributed by atoms with Crippen LogP contribution in [0.5, 0.6) is 11.5 Å². The highest BCUT2D eigenvalue weighted by molar-refractivity contribution is 5.91. The van der Waals surface area contributed by atoms with Crippen molar-refractivity contribution in [3.63, 3.8) is 0 Å². The van der Waals surface area contributed by atoms with E-state index in [0.29, 0.717) is 5.75 Å². The summed E-state index contributed by atoms with van der Waals surface area (Å²) in [5, 5.41) is 2.85. The number of nitrogens with zero attached hydrogens (tertiary/aromatic N) is 1. The highest BCUT2D eigenvalue weighted by Crippen LogP contribution is 2.21. The third-order valence-electron chi connectivity index (χ3n) is 4.67. The van der Waals surface area contributed by atoms with Gasteiger partial charge in [-0.2, -0.15) is 0 Å². The van der Waals surface area contributed by atoms with E-state index in [-0.39, 0.29) is 18.6 Å². The highest BCUT2D eigenvalue weighted by Gasteiger charge is 2.17. The number of likely N-dealkylation sites (tertiary alicyclic amines) is 1. The van der Waals surface area contributed by atoms with Gasteiger partial charge in [0, 0.05) is 18.8 Å². The topological polar surface area (TPSA) is 50.8 Å². The zero-order valence-corrected chi connectivity index (χ0v) is 16.3. The van der Waals surface area contributed by atoms with Crippen molar-refractivity contribution in [2.45, 2.75) is 32.8 Å². The molecule has 5 nitrogen and oxygen atoms in total. The van der Waals surface area contributed by atoms with E-state index in [1.54, 1.807) is 0 Å². The zero-order valence-electron chi connectivity index (χ0n) is 16.3. The van der Waals surface area contributed by atoms with Crippen molar-refractivity contribution in [3.8, 4) is 11.5 Å². The van der Waals surface area contributed by atoms with Crippen molar-refractivity contribution in [2.75, 3.05) is 32.1 Å². The van der Waals surface area contributed by atoms with Gasteiger partial charge in [-0.3, -0.25) is 4.79 Å². The fourth-order valence-electron chi connectivity index (χ4n) is 3.27. The van der Waals surface area contributed by atoms with E-state index < -0.39 is 0 Å². The molecule has 1 amide bonds. The first-order chi connectivity index (χ1) is 13.0.